The molecule has 1 aliphatic rings. The molecule has 1 aliphatic heterocycles. The Morgan fingerprint density at radius 3 is 2.57 bits per heavy atom. The molecule has 4 nitrogen and oxygen atoms in total. The largest absolute Gasteiger partial charge is 0.496 e. The van der Waals surface area contributed by atoms with Gasteiger partial charge in [0.2, 0.25) is 0 Å². The van der Waals surface area contributed by atoms with E-state index in [1.807, 2.05) is 44.2 Å². The highest BCUT2D eigenvalue weighted by molar-refractivity contribution is 5.93. The van der Waals surface area contributed by atoms with Gasteiger partial charge in [-0.1, -0.05) is 18.2 Å². The van der Waals surface area contributed by atoms with Gasteiger partial charge in [0.1, 0.15) is 17.1 Å². The third-order valence-electron chi connectivity index (χ3n) is 3.78. The lowest BCUT2D eigenvalue weighted by molar-refractivity contribution is 0.0696. The second-order valence-corrected chi connectivity index (χ2v) is 5.98. The average Bonchev–Trinajstić information content (AvgIpc) is 2.52. The minimum Gasteiger partial charge on any atom is -0.496 e. The Labute approximate surface area is 135 Å². The third kappa shape index (κ3) is 2.80. The number of aromatic carboxylic acids is 1. The van der Waals surface area contributed by atoms with Crippen LogP contribution in [0, 0.1) is 0 Å². The number of carbonyl (C=O) groups is 1. The predicted octanol–water partition coefficient (Wildman–Crippen LogP) is 4.00. The van der Waals surface area contributed by atoms with Crippen LogP contribution in [0.1, 0.15) is 35.3 Å². The lowest BCUT2D eigenvalue weighted by atomic mass is 9.88. The van der Waals surface area contributed by atoms with Gasteiger partial charge in [-0.25, -0.2) is 4.79 Å². The SMILES string of the molecule is COc1ccccc1C1=CC(C)(C)Oc2ccc(C(=O)O)cc21. The number of ether oxygens (including phenoxy) is 2. The van der Waals surface area contributed by atoms with Crippen molar-refractivity contribution in [1.82, 2.24) is 0 Å². The van der Waals surface area contributed by atoms with E-state index in [0.717, 1.165) is 22.4 Å². The zero-order valence-corrected chi connectivity index (χ0v) is 13.3. The van der Waals surface area contributed by atoms with Crippen LogP contribution < -0.4 is 9.47 Å². The van der Waals surface area contributed by atoms with Gasteiger partial charge in [0.15, 0.2) is 0 Å². The maximum atomic E-state index is 11.3. The first-order valence-electron chi connectivity index (χ1n) is 7.34. The lowest BCUT2D eigenvalue weighted by Crippen LogP contribution is -2.29. The fourth-order valence-corrected chi connectivity index (χ4v) is 2.79. The molecule has 23 heavy (non-hydrogen) atoms. The quantitative estimate of drug-likeness (QED) is 0.931. The highest BCUT2D eigenvalue weighted by atomic mass is 16.5. The number of rotatable bonds is 3. The first kappa shape index (κ1) is 15.2. The van der Waals surface area contributed by atoms with Gasteiger partial charge in [0.05, 0.1) is 12.7 Å². The number of para-hydroxylation sites is 1. The van der Waals surface area contributed by atoms with Crippen LogP contribution in [0.4, 0.5) is 0 Å². The maximum absolute atomic E-state index is 11.3. The number of fused-ring (bicyclic) bond motifs is 1. The summed E-state index contributed by atoms with van der Waals surface area (Å²) in [5, 5.41) is 9.26. The molecule has 0 amide bonds. The van der Waals surface area contributed by atoms with Crippen molar-refractivity contribution in [2.75, 3.05) is 7.11 Å². The molecule has 0 radical (unpaired) electrons. The van der Waals surface area contributed by atoms with Gasteiger partial charge in [-0.05, 0) is 49.8 Å². The van der Waals surface area contributed by atoms with Gasteiger partial charge in [-0.3, -0.25) is 0 Å². The minimum atomic E-state index is -0.961. The summed E-state index contributed by atoms with van der Waals surface area (Å²) >= 11 is 0. The van der Waals surface area contributed by atoms with Gasteiger partial charge < -0.3 is 14.6 Å². The van der Waals surface area contributed by atoms with Crippen LogP contribution in [0.15, 0.2) is 48.5 Å². The van der Waals surface area contributed by atoms with Crippen molar-refractivity contribution in [3.05, 3.63) is 65.2 Å². The predicted molar refractivity (Wildman–Crippen MR) is 88.2 cm³/mol. The molecule has 0 bridgehead atoms. The molecule has 0 unspecified atom stereocenters. The van der Waals surface area contributed by atoms with Crippen LogP contribution in [0.25, 0.3) is 5.57 Å². The number of hydrogen-bond acceptors (Lipinski definition) is 3. The Kier molecular flexibility index (Phi) is 3.60. The molecule has 3 rings (SSSR count). The Hall–Kier alpha value is -2.75. The number of methoxy groups -OCH3 is 1. The number of benzene rings is 2. The van der Waals surface area contributed by atoms with Gasteiger partial charge in [0, 0.05) is 11.1 Å². The lowest BCUT2D eigenvalue weighted by Gasteiger charge is -2.31. The third-order valence-corrected chi connectivity index (χ3v) is 3.78. The summed E-state index contributed by atoms with van der Waals surface area (Å²) < 4.78 is 11.4. The smallest absolute Gasteiger partial charge is 0.335 e. The molecule has 0 atom stereocenters. The second-order valence-electron chi connectivity index (χ2n) is 5.98. The van der Waals surface area contributed by atoms with E-state index in [1.54, 1.807) is 25.3 Å². The van der Waals surface area contributed by atoms with Crippen LogP contribution in [0.2, 0.25) is 0 Å². The normalized spacial score (nSPS) is 15.2. The zero-order valence-electron chi connectivity index (χ0n) is 13.3. The molecule has 1 N–H and O–H groups in total. The van der Waals surface area contributed by atoms with Crippen LogP contribution in [-0.2, 0) is 0 Å². The molecule has 118 valence electrons. The molecule has 0 saturated heterocycles. The van der Waals surface area contributed by atoms with Gasteiger partial charge in [-0.2, -0.15) is 0 Å². The average molecular weight is 310 g/mol. The van der Waals surface area contributed by atoms with Crippen molar-refractivity contribution in [3.63, 3.8) is 0 Å². The highest BCUT2D eigenvalue weighted by Crippen LogP contribution is 2.42. The van der Waals surface area contributed by atoms with E-state index in [2.05, 4.69) is 0 Å². The first-order chi connectivity index (χ1) is 10.9. The Balaban J connectivity index is 2.24. The molecule has 1 heterocycles. The van der Waals surface area contributed by atoms with E-state index in [0.29, 0.717) is 5.75 Å². The molecule has 0 aliphatic carbocycles. The van der Waals surface area contributed by atoms with E-state index in [4.69, 9.17) is 9.47 Å². The monoisotopic (exact) mass is 310 g/mol. The summed E-state index contributed by atoms with van der Waals surface area (Å²) in [4.78, 5) is 11.3. The van der Waals surface area contributed by atoms with Crippen LogP contribution in [0.3, 0.4) is 0 Å². The minimum absolute atomic E-state index is 0.229. The number of hydrogen-bond donors (Lipinski definition) is 1. The van der Waals surface area contributed by atoms with Gasteiger partial charge in [0.25, 0.3) is 0 Å². The fraction of sp³-hybridized carbons (Fsp3) is 0.211. The Bertz CT molecular complexity index is 803. The topological polar surface area (TPSA) is 55.8 Å². The van der Waals surface area contributed by atoms with Crippen molar-refractivity contribution >= 4 is 11.5 Å². The van der Waals surface area contributed by atoms with Gasteiger partial charge >= 0.3 is 5.97 Å². The van der Waals surface area contributed by atoms with Crippen molar-refractivity contribution in [2.24, 2.45) is 0 Å². The second kappa shape index (κ2) is 5.47. The molecular weight excluding hydrogens is 292 g/mol. The summed E-state index contributed by atoms with van der Waals surface area (Å²) in [7, 11) is 1.62. The van der Waals surface area contributed by atoms with E-state index < -0.39 is 11.6 Å². The molecule has 2 aromatic carbocycles. The maximum Gasteiger partial charge on any atom is 0.335 e. The zero-order chi connectivity index (χ0) is 16.6. The van der Waals surface area contributed by atoms with Crippen LogP contribution in [-0.4, -0.2) is 23.8 Å². The van der Waals surface area contributed by atoms with E-state index >= 15 is 0 Å². The van der Waals surface area contributed by atoms with Crippen LogP contribution >= 0.6 is 0 Å². The fourth-order valence-electron chi connectivity index (χ4n) is 2.79. The number of carboxylic acid groups (broad SMARTS) is 1. The van der Waals surface area contributed by atoms with Crippen molar-refractivity contribution in [2.45, 2.75) is 19.4 Å². The summed E-state index contributed by atoms with van der Waals surface area (Å²) in [6.45, 7) is 3.94. The Morgan fingerprint density at radius 2 is 1.87 bits per heavy atom. The Morgan fingerprint density at radius 1 is 1.13 bits per heavy atom. The van der Waals surface area contributed by atoms with E-state index in [-0.39, 0.29) is 5.56 Å². The molecule has 0 aromatic heterocycles. The molecule has 0 fully saturated rings. The number of carboxylic acids is 1. The molecule has 4 heteroatoms. The van der Waals surface area contributed by atoms with Crippen molar-refractivity contribution in [3.8, 4) is 11.5 Å². The van der Waals surface area contributed by atoms with Crippen LogP contribution in [0.5, 0.6) is 11.5 Å². The highest BCUT2D eigenvalue weighted by Gasteiger charge is 2.29. The molecule has 2 aromatic rings. The van der Waals surface area contributed by atoms with Crippen molar-refractivity contribution in [1.29, 1.82) is 0 Å². The van der Waals surface area contributed by atoms with Gasteiger partial charge in [-0.15, -0.1) is 0 Å². The molecule has 0 spiro atoms. The van der Waals surface area contributed by atoms with E-state index in [1.165, 1.54) is 0 Å². The summed E-state index contributed by atoms with van der Waals surface area (Å²) in [6, 6.07) is 12.6. The molecule has 0 saturated carbocycles. The first-order valence-corrected chi connectivity index (χ1v) is 7.34. The van der Waals surface area contributed by atoms with Crippen molar-refractivity contribution < 1.29 is 19.4 Å². The summed E-state index contributed by atoms with van der Waals surface area (Å²) in [6.07, 6.45) is 2.00. The summed E-state index contributed by atoms with van der Waals surface area (Å²) in [5.74, 6) is 0.448. The summed E-state index contributed by atoms with van der Waals surface area (Å²) in [5.41, 5.74) is 2.32. The van der Waals surface area contributed by atoms with E-state index in [9.17, 15) is 9.90 Å². The molecular formula is C19H18O4. The standard InChI is InChI=1S/C19H18O4/c1-19(2)11-15(13-6-4-5-7-16(13)22-3)14-10-12(18(20)21)8-9-17(14)23-19/h4-11H,1-3H3,(H,20,21).